The number of benzene rings is 18. The topological polar surface area (TPSA) is 187 Å². The summed E-state index contributed by atoms with van der Waals surface area (Å²) in [5, 5.41) is 35.5. The quantitative estimate of drug-likeness (QED) is 0.0840. The highest BCUT2D eigenvalue weighted by Crippen LogP contribution is 2.47. The van der Waals surface area contributed by atoms with Gasteiger partial charge in [-0.15, -0.1) is 0 Å². The number of rotatable bonds is 17. The zero-order chi connectivity index (χ0) is 84.4. The molecule has 21 rings (SSSR count). The second-order valence-electron chi connectivity index (χ2n) is 30.8. The maximum atomic E-state index is 10.0. The highest BCUT2D eigenvalue weighted by Gasteiger charge is 2.25. The van der Waals surface area contributed by atoms with Crippen molar-refractivity contribution in [2.75, 3.05) is 0 Å². The number of fused-ring (bicyclic) bond motifs is 3. The van der Waals surface area contributed by atoms with E-state index in [4.69, 9.17) is 44.9 Å². The van der Waals surface area contributed by atoms with E-state index in [1.165, 1.54) is 0 Å². The summed E-state index contributed by atoms with van der Waals surface area (Å²) in [5.41, 5.74) is 24.9. The lowest BCUT2D eigenvalue weighted by Crippen LogP contribution is -2.01. The van der Waals surface area contributed by atoms with Crippen LogP contribution in [0.3, 0.4) is 0 Å². The summed E-state index contributed by atoms with van der Waals surface area (Å²) in [5.74, 6) is 4.70. The summed E-state index contributed by atoms with van der Waals surface area (Å²) in [6, 6.07) is 147. The molecule has 0 aliphatic heterocycles. The van der Waals surface area contributed by atoms with Crippen molar-refractivity contribution in [3.05, 3.63) is 429 Å². The van der Waals surface area contributed by atoms with E-state index in [1.807, 2.05) is 194 Å². The highest BCUT2D eigenvalue weighted by atomic mass is 15.1. The van der Waals surface area contributed by atoms with Crippen LogP contribution in [-0.4, -0.2) is 44.9 Å². The molecule has 0 radical (unpaired) electrons. The van der Waals surface area contributed by atoms with E-state index >= 15 is 0 Å². The molecule has 0 fully saturated rings. The monoisotopic (exact) mass is 1600 g/mol. The van der Waals surface area contributed by atoms with Crippen LogP contribution in [0.15, 0.2) is 413 Å². The van der Waals surface area contributed by atoms with Crippen LogP contribution < -0.4 is 0 Å². The second kappa shape index (κ2) is 33.1. The molecule has 0 aliphatic rings. The van der Waals surface area contributed by atoms with Gasteiger partial charge in [-0.3, -0.25) is 0 Å². The number of hydrogen-bond donors (Lipinski definition) is 0. The normalized spacial score (nSPS) is 11.2. The van der Waals surface area contributed by atoms with Gasteiger partial charge in [0.15, 0.2) is 52.4 Å². The Balaban J connectivity index is 0.699. The van der Waals surface area contributed by atoms with E-state index in [0.717, 1.165) is 171 Å². The van der Waals surface area contributed by atoms with E-state index in [2.05, 4.69) is 237 Å². The van der Waals surface area contributed by atoms with Gasteiger partial charge < -0.3 is 0 Å². The first-order valence-corrected chi connectivity index (χ1v) is 41.5. The van der Waals surface area contributed by atoms with Gasteiger partial charge in [-0.1, -0.05) is 376 Å². The molecule has 0 amide bonds. The van der Waals surface area contributed by atoms with E-state index in [9.17, 15) is 15.8 Å². The van der Waals surface area contributed by atoms with Crippen LogP contribution in [0.1, 0.15) is 16.7 Å². The molecule has 0 saturated carbocycles. The molecule has 12 nitrogen and oxygen atoms in total. The Morgan fingerprint density at radius 2 is 0.437 bits per heavy atom. The van der Waals surface area contributed by atoms with Gasteiger partial charge in [0.25, 0.3) is 0 Å². The molecule has 0 bridgehead atoms. The summed E-state index contributed by atoms with van der Waals surface area (Å²) < 4.78 is 0. The summed E-state index contributed by atoms with van der Waals surface area (Å²) in [7, 11) is 0. The molecule has 0 aliphatic carbocycles. The fraction of sp³-hybridized carbons (Fsp3) is 0. The van der Waals surface area contributed by atoms with Gasteiger partial charge in [-0.2, -0.15) is 15.8 Å². The fourth-order valence-electron chi connectivity index (χ4n) is 17.0. The first-order chi connectivity index (χ1) is 62.3. The van der Waals surface area contributed by atoms with E-state index in [1.54, 1.807) is 0 Å². The Bertz CT molecular complexity index is 7860. The lowest BCUT2D eigenvalue weighted by atomic mass is 9.88. The van der Waals surface area contributed by atoms with Crippen LogP contribution in [0.4, 0.5) is 0 Å². The van der Waals surface area contributed by atoms with Gasteiger partial charge >= 0.3 is 0 Å². The van der Waals surface area contributed by atoms with Crippen LogP contribution >= 0.6 is 0 Å². The zero-order valence-corrected chi connectivity index (χ0v) is 67.6. The molecule has 0 N–H and O–H groups in total. The molecule has 3 heterocycles. The molecule has 0 saturated heterocycles. The molecule has 0 unspecified atom stereocenters. The van der Waals surface area contributed by atoms with Crippen LogP contribution in [-0.2, 0) is 0 Å². The Morgan fingerprint density at radius 1 is 0.151 bits per heavy atom. The molecular formula is C114H68N12. The van der Waals surface area contributed by atoms with Gasteiger partial charge in [0, 0.05) is 66.2 Å². The zero-order valence-electron chi connectivity index (χ0n) is 67.6. The summed E-state index contributed by atoms with van der Waals surface area (Å²) in [4.78, 5) is 48.2. The van der Waals surface area contributed by atoms with Gasteiger partial charge in [-0.05, 0) is 142 Å². The minimum atomic E-state index is 0.481. The molecule has 584 valence electrons. The largest absolute Gasteiger partial charge is 0.208 e. The van der Waals surface area contributed by atoms with Crippen molar-refractivity contribution in [1.82, 2.24) is 44.9 Å². The maximum Gasteiger partial charge on any atom is 0.164 e. The predicted octanol–water partition coefficient (Wildman–Crippen LogP) is 27.7. The average molecular weight is 1610 g/mol. The number of hydrogen-bond acceptors (Lipinski definition) is 12. The van der Waals surface area contributed by atoms with Crippen molar-refractivity contribution in [1.29, 1.82) is 15.8 Å². The Kier molecular flexibility index (Phi) is 19.9. The van der Waals surface area contributed by atoms with Crippen LogP contribution in [0.5, 0.6) is 0 Å². The van der Waals surface area contributed by atoms with Crippen LogP contribution in [0.25, 0.3) is 224 Å². The standard InChI is InChI=1S/C114H68N12/c115-69-72-43-45-74(46-44-72)75-47-51-80(52-48-75)96-65-63-93(98-38-19-41-101(104(96)98)113-122-106(83-22-5-1-6-23-83)118-107(123-113)84-24-7-2-8-25-84)78-59-61-87(62-60-78)110-119-108(85-26-9-3-10-27-85)124-114(125-110)102-42-20-39-99-94(64-66-97(105(99)102)81-53-49-76(50-54-81)88-33-15-21-73(67-88)70-116)89-34-16-35-90(68-89)111-120-109(86-28-11-4-12-29-86)121-112(126-111)100-40-18-32-82-31-17-37-95(103(82)100)79-57-55-77(56-58-79)92-36-14-13-30-91(92)71-117/h1-68H. The number of aromatic nitrogens is 9. The smallest absolute Gasteiger partial charge is 0.164 e. The molecule has 0 spiro atoms. The van der Waals surface area contributed by atoms with E-state index < -0.39 is 0 Å². The third-order valence-corrected chi connectivity index (χ3v) is 23.2. The molecule has 12 heteroatoms. The van der Waals surface area contributed by atoms with Crippen molar-refractivity contribution >= 4 is 32.3 Å². The van der Waals surface area contributed by atoms with Gasteiger partial charge in [-0.25, -0.2) is 44.9 Å². The number of nitrogens with zero attached hydrogens (tertiary/aromatic N) is 12. The molecule has 3 aromatic heterocycles. The summed E-state index contributed by atoms with van der Waals surface area (Å²) >= 11 is 0. The lowest BCUT2D eigenvalue weighted by Gasteiger charge is -2.17. The first-order valence-electron chi connectivity index (χ1n) is 41.5. The highest BCUT2D eigenvalue weighted by molar-refractivity contribution is 6.14. The van der Waals surface area contributed by atoms with Crippen molar-refractivity contribution in [2.24, 2.45) is 0 Å². The third kappa shape index (κ3) is 14.7. The Labute approximate surface area is 727 Å². The first kappa shape index (κ1) is 75.7. The van der Waals surface area contributed by atoms with Crippen molar-refractivity contribution < 1.29 is 0 Å². The molecule has 126 heavy (non-hydrogen) atoms. The molecule has 21 aromatic rings. The van der Waals surface area contributed by atoms with E-state index in [0.29, 0.717) is 69.1 Å². The van der Waals surface area contributed by atoms with Crippen molar-refractivity contribution in [2.45, 2.75) is 0 Å². The summed E-state index contributed by atoms with van der Waals surface area (Å²) in [6.07, 6.45) is 0. The molecule has 0 atom stereocenters. The average Bonchev–Trinajstić information content (AvgIpc) is 0.710. The van der Waals surface area contributed by atoms with E-state index in [-0.39, 0.29) is 0 Å². The summed E-state index contributed by atoms with van der Waals surface area (Å²) in [6.45, 7) is 0. The fourth-order valence-corrected chi connectivity index (χ4v) is 17.0. The Hall–Kier alpha value is -17.8. The minimum Gasteiger partial charge on any atom is -0.208 e. The van der Waals surface area contributed by atoms with Gasteiger partial charge in [0.05, 0.1) is 34.9 Å². The lowest BCUT2D eigenvalue weighted by molar-refractivity contribution is 1.08. The van der Waals surface area contributed by atoms with Crippen LogP contribution in [0.2, 0.25) is 0 Å². The Morgan fingerprint density at radius 3 is 0.889 bits per heavy atom. The predicted molar refractivity (Wildman–Crippen MR) is 506 cm³/mol. The van der Waals surface area contributed by atoms with Crippen molar-refractivity contribution in [3.8, 4) is 210 Å². The van der Waals surface area contributed by atoms with Gasteiger partial charge in [0.1, 0.15) is 0 Å². The third-order valence-electron chi connectivity index (χ3n) is 23.2. The van der Waals surface area contributed by atoms with Crippen molar-refractivity contribution in [3.63, 3.8) is 0 Å². The molecule has 18 aromatic carbocycles. The SMILES string of the molecule is N#Cc1ccc(-c2ccc(-c3ccc(-c4ccc(-c5nc(-c6ccccc6)nc(-c6cccc7c(-c8cccc(-c9nc(-c%10ccccc%10)nc(-c%10cccc%11cccc(-c%12ccc(-c%13ccccc%13C#N)cc%12)c%10%11)n9)c8)ccc(-c8ccc(-c9cccc(C#N)c9)cc8)c67)n5)cc4)c4cccc(-c5nc(-c6ccccc6)nc(-c6ccccc6)n5)c34)cc2)cc1. The molecular weight excluding hydrogens is 1540 g/mol. The second-order valence-corrected chi connectivity index (χ2v) is 30.8. The minimum absolute atomic E-state index is 0.481. The maximum absolute atomic E-state index is 10.0. The number of nitriles is 3. The van der Waals surface area contributed by atoms with Crippen LogP contribution in [0, 0.1) is 34.0 Å². The van der Waals surface area contributed by atoms with Gasteiger partial charge in [0.2, 0.25) is 0 Å².